The van der Waals surface area contributed by atoms with Crippen LogP contribution in [0.5, 0.6) is 0 Å². The minimum Gasteiger partial charge on any atom is -0.394 e. The molecule has 4 aliphatic rings. The molecule has 4 saturated heterocycles. The fraction of sp³-hybridized carbons (Fsp3) is 0.750. The highest BCUT2D eigenvalue weighted by molar-refractivity contribution is 9.09. The highest BCUT2D eigenvalue weighted by atomic mass is 79.9. The lowest BCUT2D eigenvalue weighted by Gasteiger charge is -2.41. The predicted molar refractivity (Wildman–Crippen MR) is 150 cm³/mol. The van der Waals surface area contributed by atoms with Gasteiger partial charge < -0.3 is 29.3 Å². The molecule has 4 heterocycles. The zero-order valence-electron chi connectivity index (χ0n) is 23.3. The third-order valence-electron chi connectivity index (χ3n) is 8.79. The van der Waals surface area contributed by atoms with Gasteiger partial charge in [-0.15, -0.1) is 13.2 Å². The van der Waals surface area contributed by atoms with E-state index >= 15 is 0 Å². The Labute approximate surface area is 240 Å². The number of ether oxygens (including phenoxy) is 2. The molecule has 0 saturated carbocycles. The third-order valence-corrected chi connectivity index (χ3v) is 9.64. The van der Waals surface area contributed by atoms with Crippen LogP contribution in [0.2, 0.25) is 0 Å². The average Bonchev–Trinajstić information content (AvgIpc) is 3.50. The van der Waals surface area contributed by atoms with Crippen molar-refractivity contribution in [3.05, 3.63) is 25.3 Å². The zero-order chi connectivity index (χ0) is 28.5. The Balaban J connectivity index is 1.72. The molecule has 218 valence electrons. The van der Waals surface area contributed by atoms with E-state index in [-0.39, 0.29) is 35.1 Å². The van der Waals surface area contributed by atoms with Gasteiger partial charge in [-0.1, -0.05) is 41.9 Å². The van der Waals surface area contributed by atoms with E-state index in [1.165, 1.54) is 0 Å². The second-order valence-corrected chi connectivity index (χ2v) is 12.6. The van der Waals surface area contributed by atoms with E-state index in [4.69, 9.17) is 9.47 Å². The quantitative estimate of drug-likeness (QED) is 0.257. The van der Waals surface area contributed by atoms with Gasteiger partial charge in [-0.05, 0) is 12.3 Å². The Kier molecular flexibility index (Phi) is 9.58. The summed E-state index contributed by atoms with van der Waals surface area (Å²) >= 11 is 3.72. The molecule has 1 spiro atoms. The molecule has 3 amide bonds. The number of halogens is 1. The minimum absolute atomic E-state index is 0.111. The molecule has 1 N–H and O–H groups in total. The second kappa shape index (κ2) is 12.4. The molecule has 3 unspecified atom stereocenters. The van der Waals surface area contributed by atoms with Gasteiger partial charge in [-0.2, -0.15) is 0 Å². The molecule has 39 heavy (non-hydrogen) atoms. The molecule has 7 atom stereocenters. The number of morpholine rings is 1. The van der Waals surface area contributed by atoms with Crippen LogP contribution in [-0.4, -0.2) is 137 Å². The maximum Gasteiger partial charge on any atom is 0.248 e. The highest BCUT2D eigenvalue weighted by Crippen LogP contribution is 2.61. The first kappa shape index (κ1) is 30.2. The number of aliphatic hydroxyl groups is 1. The normalized spacial score (nSPS) is 32.8. The monoisotopic (exact) mass is 610 g/mol. The van der Waals surface area contributed by atoms with Crippen LogP contribution in [0, 0.1) is 17.8 Å². The Hall–Kier alpha value is -1.79. The van der Waals surface area contributed by atoms with Crippen LogP contribution in [0.15, 0.2) is 25.3 Å². The van der Waals surface area contributed by atoms with Crippen molar-refractivity contribution in [3.8, 4) is 0 Å². The number of amides is 3. The topological polar surface area (TPSA) is 103 Å². The summed E-state index contributed by atoms with van der Waals surface area (Å²) in [6, 6.07) is -1.54. The number of alkyl halides is 1. The van der Waals surface area contributed by atoms with E-state index in [9.17, 15) is 19.5 Å². The van der Waals surface area contributed by atoms with Crippen LogP contribution in [-0.2, 0) is 23.9 Å². The lowest BCUT2D eigenvalue weighted by Crippen LogP contribution is -2.60. The maximum atomic E-state index is 14.5. The van der Waals surface area contributed by atoms with Crippen molar-refractivity contribution in [1.29, 1.82) is 0 Å². The molecule has 0 radical (unpaired) electrons. The first-order chi connectivity index (χ1) is 18.6. The summed E-state index contributed by atoms with van der Waals surface area (Å²) in [5, 5.41) is 10.4. The standard InChI is InChI=1S/C28H43BrN4O6/c1-6-8-30(5)25(35)21-22-26(36)33(20(17-34)18(3)4)24(28(22)16-19(29)23(21)39-28)27(37)32(9-7-2)11-10-31-12-14-38-15-13-31/h6-7,18-24,34H,1-2,8-17H2,3-5H3/t19?,20-,21+,22-,23+,24?,28?/m0/s1. The minimum atomic E-state index is -1.16. The number of hydrogen-bond donors (Lipinski definition) is 1. The Morgan fingerprint density at radius 1 is 1.21 bits per heavy atom. The van der Waals surface area contributed by atoms with Gasteiger partial charge >= 0.3 is 0 Å². The molecule has 4 rings (SSSR count). The maximum absolute atomic E-state index is 14.5. The highest BCUT2D eigenvalue weighted by Gasteiger charge is 2.77. The van der Waals surface area contributed by atoms with Crippen molar-refractivity contribution in [2.75, 3.05) is 66.1 Å². The van der Waals surface area contributed by atoms with Gasteiger partial charge in [0.25, 0.3) is 0 Å². The second-order valence-electron chi connectivity index (χ2n) is 11.4. The largest absolute Gasteiger partial charge is 0.394 e. The number of carbonyl (C=O) groups is 3. The summed E-state index contributed by atoms with van der Waals surface area (Å²) in [5.41, 5.74) is -1.16. The van der Waals surface area contributed by atoms with E-state index in [0.717, 1.165) is 13.1 Å². The van der Waals surface area contributed by atoms with E-state index in [0.29, 0.717) is 45.8 Å². The van der Waals surface area contributed by atoms with Crippen LogP contribution in [0.25, 0.3) is 0 Å². The molecule has 11 heteroatoms. The number of aliphatic hydroxyl groups excluding tert-OH is 1. The van der Waals surface area contributed by atoms with Gasteiger partial charge in [-0.25, -0.2) is 0 Å². The van der Waals surface area contributed by atoms with Crippen molar-refractivity contribution in [3.63, 3.8) is 0 Å². The van der Waals surface area contributed by atoms with Crippen molar-refractivity contribution < 1.29 is 29.0 Å². The van der Waals surface area contributed by atoms with E-state index in [1.54, 1.807) is 33.9 Å². The van der Waals surface area contributed by atoms with E-state index in [2.05, 4.69) is 34.0 Å². The molecule has 0 aromatic carbocycles. The van der Waals surface area contributed by atoms with E-state index < -0.39 is 35.6 Å². The van der Waals surface area contributed by atoms with Crippen molar-refractivity contribution in [2.24, 2.45) is 17.8 Å². The third kappa shape index (κ3) is 5.32. The fourth-order valence-electron chi connectivity index (χ4n) is 6.85. The Bertz CT molecular complexity index is 958. The Morgan fingerprint density at radius 3 is 2.46 bits per heavy atom. The summed E-state index contributed by atoms with van der Waals surface area (Å²) in [7, 11) is 1.69. The van der Waals surface area contributed by atoms with Crippen LogP contribution >= 0.6 is 15.9 Å². The SMILES string of the molecule is C=CCN(C)C(=O)[C@H]1[C@@H]2OC3(CC2Br)C(C(=O)N(CC=C)CCN2CCOCC2)N([C@@H](CO)C(C)C)C(=O)[C@H]13. The van der Waals surface area contributed by atoms with Crippen LogP contribution in [0.3, 0.4) is 0 Å². The molecule has 2 bridgehead atoms. The van der Waals surface area contributed by atoms with Gasteiger partial charge in [-0.3, -0.25) is 19.3 Å². The molecule has 0 aliphatic carbocycles. The summed E-state index contributed by atoms with van der Waals surface area (Å²) in [4.78, 5) is 49.4. The molecular formula is C28H43BrN4O6. The summed E-state index contributed by atoms with van der Waals surface area (Å²) in [6.45, 7) is 15.9. The first-order valence-corrected chi connectivity index (χ1v) is 14.8. The fourth-order valence-corrected chi connectivity index (χ4v) is 7.79. The number of likely N-dealkylation sites (N-methyl/N-ethyl adjacent to an activating group) is 1. The van der Waals surface area contributed by atoms with Gasteiger partial charge in [0.05, 0.1) is 43.8 Å². The predicted octanol–water partition coefficient (Wildman–Crippen LogP) is 0.743. The summed E-state index contributed by atoms with van der Waals surface area (Å²) < 4.78 is 12.1. The summed E-state index contributed by atoms with van der Waals surface area (Å²) in [5.74, 6) is -2.36. The van der Waals surface area contributed by atoms with Crippen LogP contribution in [0.1, 0.15) is 20.3 Å². The summed E-state index contributed by atoms with van der Waals surface area (Å²) in [6.07, 6.45) is 3.24. The molecule has 4 fully saturated rings. The van der Waals surface area contributed by atoms with Crippen molar-refractivity contribution in [2.45, 2.75) is 48.9 Å². The lowest BCUT2D eigenvalue weighted by atomic mass is 9.70. The molecular weight excluding hydrogens is 568 g/mol. The zero-order valence-corrected chi connectivity index (χ0v) is 24.9. The van der Waals surface area contributed by atoms with E-state index in [1.807, 2.05) is 13.8 Å². The first-order valence-electron chi connectivity index (χ1n) is 13.9. The number of hydrogen-bond acceptors (Lipinski definition) is 7. The smallest absolute Gasteiger partial charge is 0.248 e. The molecule has 10 nitrogen and oxygen atoms in total. The average molecular weight is 612 g/mol. The number of fused-ring (bicyclic) bond motifs is 1. The van der Waals surface area contributed by atoms with Gasteiger partial charge in [0, 0.05) is 51.1 Å². The van der Waals surface area contributed by atoms with Gasteiger partial charge in [0.2, 0.25) is 17.7 Å². The van der Waals surface area contributed by atoms with Gasteiger partial charge in [0.15, 0.2) is 0 Å². The van der Waals surface area contributed by atoms with Crippen LogP contribution < -0.4 is 0 Å². The lowest BCUT2D eigenvalue weighted by molar-refractivity contribution is -0.152. The molecule has 0 aromatic rings. The molecule has 4 aliphatic heterocycles. The van der Waals surface area contributed by atoms with Crippen molar-refractivity contribution in [1.82, 2.24) is 19.6 Å². The van der Waals surface area contributed by atoms with Crippen molar-refractivity contribution >= 4 is 33.7 Å². The number of nitrogens with zero attached hydrogens (tertiary/aromatic N) is 4. The number of likely N-dealkylation sites (tertiary alicyclic amines) is 1. The molecule has 0 aromatic heterocycles. The number of carbonyl (C=O) groups excluding carboxylic acids is 3. The Morgan fingerprint density at radius 2 is 1.87 bits per heavy atom. The van der Waals surface area contributed by atoms with Gasteiger partial charge in [0.1, 0.15) is 11.6 Å². The number of rotatable bonds is 12. The van der Waals surface area contributed by atoms with Crippen LogP contribution in [0.4, 0.5) is 0 Å².